The van der Waals surface area contributed by atoms with E-state index in [2.05, 4.69) is 10.2 Å². The van der Waals surface area contributed by atoms with Gasteiger partial charge in [0.05, 0.1) is 6.20 Å². The van der Waals surface area contributed by atoms with Gasteiger partial charge < -0.3 is 0 Å². The third-order valence-corrected chi connectivity index (χ3v) is 2.05. The molecule has 1 aromatic carbocycles. The van der Waals surface area contributed by atoms with E-state index < -0.39 is 0 Å². The molecule has 2 rings (SSSR count). The minimum atomic E-state index is -0.178. The number of aryl methyl sites for hydroxylation is 1. The quantitative estimate of drug-likeness (QED) is 0.774. The van der Waals surface area contributed by atoms with Crippen LogP contribution in [0, 0.1) is 6.92 Å². The van der Waals surface area contributed by atoms with E-state index in [-0.39, 0.29) is 10.3 Å². The van der Waals surface area contributed by atoms with Crippen LogP contribution >= 0.6 is 0 Å². The molecule has 3 nitrogen and oxygen atoms in total. The predicted octanol–water partition coefficient (Wildman–Crippen LogP) is 1.90. The van der Waals surface area contributed by atoms with Crippen molar-refractivity contribution in [1.29, 1.82) is 0 Å². The number of hydrogen-bond donors (Lipinski definition) is 1. The third kappa shape index (κ3) is 2.49. The highest BCUT2D eigenvalue weighted by atomic mass is 19.0. The minimum Gasteiger partial charge on any atom is -0.269 e. The fourth-order valence-corrected chi connectivity index (χ4v) is 1.28. The van der Waals surface area contributed by atoms with E-state index in [1.165, 1.54) is 11.6 Å². The summed E-state index contributed by atoms with van der Waals surface area (Å²) in [4.78, 5) is 11.0. The normalized spacial score (nSPS) is 9.40. The number of nitrogens with zero attached hydrogens (tertiary/aromatic N) is 1. The summed E-state index contributed by atoms with van der Waals surface area (Å²) < 4.78 is 0. The van der Waals surface area contributed by atoms with Crippen LogP contribution in [0.1, 0.15) is 5.56 Å². The summed E-state index contributed by atoms with van der Waals surface area (Å²) in [5.41, 5.74) is 2.87. The Balaban J connectivity index is 0.00000112. The topological polar surface area (TPSA) is 45.8 Å². The molecule has 0 aliphatic heterocycles. The van der Waals surface area contributed by atoms with Crippen molar-refractivity contribution in [2.24, 2.45) is 0 Å². The van der Waals surface area contributed by atoms with Gasteiger partial charge in [0.1, 0.15) is 0 Å². The highest BCUT2D eigenvalue weighted by molar-refractivity contribution is 5.61. The average molecular weight is 206 g/mol. The second-order valence-electron chi connectivity index (χ2n) is 3.20. The second kappa shape index (κ2) is 4.50. The summed E-state index contributed by atoms with van der Waals surface area (Å²) in [6, 6.07) is 9.52. The molecule has 15 heavy (non-hydrogen) atoms. The zero-order valence-corrected chi connectivity index (χ0v) is 8.23. The Labute approximate surface area is 86.2 Å². The van der Waals surface area contributed by atoms with Crippen LogP contribution in [0.4, 0.5) is 4.70 Å². The number of halogens is 1. The molecule has 0 saturated carbocycles. The molecule has 0 bridgehead atoms. The maximum atomic E-state index is 11.0. The average Bonchev–Trinajstić information content (AvgIpc) is 2.19. The van der Waals surface area contributed by atoms with Crippen molar-refractivity contribution in [2.45, 2.75) is 6.92 Å². The maximum Gasteiger partial charge on any atom is 0.264 e. The summed E-state index contributed by atoms with van der Waals surface area (Å²) in [5, 5.41) is 6.09. The lowest BCUT2D eigenvalue weighted by Crippen LogP contribution is -2.05. The first-order valence-corrected chi connectivity index (χ1v) is 4.37. The van der Waals surface area contributed by atoms with E-state index in [1.54, 1.807) is 6.20 Å². The van der Waals surface area contributed by atoms with E-state index in [0.717, 1.165) is 11.1 Å². The molecule has 1 N–H and O–H groups in total. The Hall–Kier alpha value is -1.97. The number of nitrogens with one attached hydrogen (secondary N) is 1. The standard InChI is InChI=1S/C11H10N2O.FH/c1-8-2-4-9(5-3-8)10-6-11(14)13-12-7-10;/h2-7H,1H3,(H,13,14);1H. The molecule has 0 atom stereocenters. The molecule has 0 aliphatic carbocycles. The Morgan fingerprint density at radius 2 is 1.80 bits per heavy atom. The van der Waals surface area contributed by atoms with Crippen molar-refractivity contribution < 1.29 is 4.70 Å². The molecule has 0 unspecified atom stereocenters. The number of aromatic amines is 1. The minimum absolute atomic E-state index is 0. The summed E-state index contributed by atoms with van der Waals surface area (Å²) >= 11 is 0. The van der Waals surface area contributed by atoms with Crippen molar-refractivity contribution >= 4 is 0 Å². The highest BCUT2D eigenvalue weighted by Crippen LogP contribution is 2.16. The second-order valence-corrected chi connectivity index (χ2v) is 3.20. The van der Waals surface area contributed by atoms with Crippen molar-refractivity contribution in [1.82, 2.24) is 10.2 Å². The monoisotopic (exact) mass is 206 g/mol. The fourth-order valence-electron chi connectivity index (χ4n) is 1.28. The van der Waals surface area contributed by atoms with E-state index in [1.807, 2.05) is 31.2 Å². The Morgan fingerprint density at radius 1 is 1.13 bits per heavy atom. The first-order valence-electron chi connectivity index (χ1n) is 4.37. The number of aromatic nitrogens is 2. The van der Waals surface area contributed by atoms with Gasteiger partial charge >= 0.3 is 0 Å². The lowest BCUT2D eigenvalue weighted by atomic mass is 10.1. The third-order valence-electron chi connectivity index (χ3n) is 2.05. The van der Waals surface area contributed by atoms with Gasteiger partial charge in [-0.3, -0.25) is 9.50 Å². The molecule has 2 aromatic rings. The van der Waals surface area contributed by atoms with Crippen molar-refractivity contribution in [2.75, 3.05) is 0 Å². The molecule has 0 amide bonds. The lowest BCUT2D eigenvalue weighted by molar-refractivity contribution is 0.991. The zero-order valence-electron chi connectivity index (χ0n) is 8.23. The van der Waals surface area contributed by atoms with Gasteiger partial charge in [-0.05, 0) is 12.5 Å². The first-order chi connectivity index (χ1) is 6.75. The molecule has 0 fully saturated rings. The number of rotatable bonds is 1. The molecule has 0 radical (unpaired) electrons. The smallest absolute Gasteiger partial charge is 0.264 e. The van der Waals surface area contributed by atoms with Gasteiger partial charge in [0, 0.05) is 11.6 Å². The Kier molecular flexibility index (Phi) is 3.33. The molecule has 0 saturated heterocycles. The largest absolute Gasteiger partial charge is 0.269 e. The Morgan fingerprint density at radius 3 is 2.40 bits per heavy atom. The maximum absolute atomic E-state index is 11.0. The first kappa shape index (κ1) is 11.1. The molecular formula is C11H11FN2O. The fraction of sp³-hybridized carbons (Fsp3) is 0.0909. The van der Waals surface area contributed by atoms with Gasteiger partial charge in [-0.1, -0.05) is 29.8 Å². The van der Waals surface area contributed by atoms with Gasteiger partial charge in [-0.15, -0.1) is 0 Å². The van der Waals surface area contributed by atoms with E-state index in [0.29, 0.717) is 0 Å². The van der Waals surface area contributed by atoms with Gasteiger partial charge in [0.25, 0.3) is 5.56 Å². The van der Waals surface area contributed by atoms with Gasteiger partial charge in [0.2, 0.25) is 0 Å². The highest BCUT2D eigenvalue weighted by Gasteiger charge is 1.97. The van der Waals surface area contributed by atoms with Crippen LogP contribution in [0.5, 0.6) is 0 Å². The molecule has 1 heterocycles. The predicted molar refractivity (Wildman–Crippen MR) is 57.5 cm³/mol. The molecular weight excluding hydrogens is 195 g/mol. The number of benzene rings is 1. The number of hydrogen-bond acceptors (Lipinski definition) is 2. The van der Waals surface area contributed by atoms with Gasteiger partial charge in [-0.2, -0.15) is 5.10 Å². The van der Waals surface area contributed by atoms with E-state index in [9.17, 15) is 4.79 Å². The Bertz CT molecular complexity index is 490. The van der Waals surface area contributed by atoms with Crippen LogP contribution < -0.4 is 5.56 Å². The molecule has 0 aliphatic rings. The molecule has 78 valence electrons. The zero-order chi connectivity index (χ0) is 9.97. The van der Waals surface area contributed by atoms with Gasteiger partial charge in [0.15, 0.2) is 0 Å². The molecule has 0 spiro atoms. The summed E-state index contributed by atoms with van der Waals surface area (Å²) in [6.07, 6.45) is 1.64. The van der Waals surface area contributed by atoms with Crippen LogP contribution in [0.15, 0.2) is 41.3 Å². The van der Waals surface area contributed by atoms with E-state index >= 15 is 0 Å². The molecule has 1 aromatic heterocycles. The lowest BCUT2D eigenvalue weighted by Gasteiger charge is -1.99. The SMILES string of the molecule is Cc1ccc(-c2cn[nH]c(=O)c2)cc1.F. The van der Waals surface area contributed by atoms with Crippen molar-refractivity contribution in [3.05, 3.63) is 52.4 Å². The van der Waals surface area contributed by atoms with Crippen LogP contribution in [0.3, 0.4) is 0 Å². The van der Waals surface area contributed by atoms with E-state index in [4.69, 9.17) is 0 Å². The van der Waals surface area contributed by atoms with Crippen LogP contribution in [0.25, 0.3) is 11.1 Å². The van der Waals surface area contributed by atoms with Gasteiger partial charge in [-0.25, -0.2) is 5.10 Å². The summed E-state index contributed by atoms with van der Waals surface area (Å²) in [5.74, 6) is 0. The van der Waals surface area contributed by atoms with Crippen LogP contribution in [0.2, 0.25) is 0 Å². The summed E-state index contributed by atoms with van der Waals surface area (Å²) in [7, 11) is 0. The number of H-pyrrole nitrogens is 1. The summed E-state index contributed by atoms with van der Waals surface area (Å²) in [6.45, 7) is 2.03. The molecule has 4 heteroatoms. The van der Waals surface area contributed by atoms with Crippen LogP contribution in [-0.2, 0) is 0 Å². The van der Waals surface area contributed by atoms with Crippen LogP contribution in [-0.4, -0.2) is 10.2 Å². The van der Waals surface area contributed by atoms with Crippen molar-refractivity contribution in [3.63, 3.8) is 0 Å². The van der Waals surface area contributed by atoms with Crippen molar-refractivity contribution in [3.8, 4) is 11.1 Å².